The number of hydrogen-bond acceptors (Lipinski definition) is 1. The van der Waals surface area contributed by atoms with Crippen molar-refractivity contribution in [1.82, 2.24) is 0 Å². The summed E-state index contributed by atoms with van der Waals surface area (Å²) in [6.45, 7) is 17.2. The molecule has 2 unspecified atom stereocenters. The number of rotatable bonds is 3. The topological polar surface area (TPSA) is 0 Å². The normalized spacial score (nSPS) is 19.9. The van der Waals surface area contributed by atoms with Gasteiger partial charge in [0, 0.05) is 0 Å². The van der Waals surface area contributed by atoms with E-state index >= 15 is 0 Å². The van der Waals surface area contributed by atoms with Crippen molar-refractivity contribution in [2.24, 2.45) is 5.92 Å². The third-order valence-electron chi connectivity index (χ3n) is 6.82. The molecule has 1 aromatic heterocycles. The number of thiophene rings is 1. The van der Waals surface area contributed by atoms with Crippen LogP contribution in [0.2, 0.25) is 13.1 Å². The average Bonchev–Trinajstić information content (AvgIpc) is 3.34. The van der Waals surface area contributed by atoms with Gasteiger partial charge in [-0.1, -0.05) is 0 Å². The second kappa shape index (κ2) is 10.2. The smallest absolute Gasteiger partial charge is 0.147 e. The van der Waals surface area contributed by atoms with E-state index in [4.69, 9.17) is 0 Å². The monoisotopic (exact) mass is 552 g/mol. The molecule has 0 bridgehead atoms. The van der Waals surface area contributed by atoms with Crippen LogP contribution in [0.15, 0.2) is 61.3 Å². The Kier molecular flexibility index (Phi) is 8.84. The Labute approximate surface area is 206 Å². The van der Waals surface area contributed by atoms with E-state index in [1.54, 1.807) is 27.9 Å². The molecule has 4 rings (SSSR count). The van der Waals surface area contributed by atoms with Gasteiger partial charge in [-0.3, -0.25) is 0 Å². The number of allylic oxidation sites excluding steroid dienone is 5. The molecule has 2 aromatic rings. The summed E-state index contributed by atoms with van der Waals surface area (Å²) in [5, 5.41) is 2.20. The maximum absolute atomic E-state index is 2.60. The van der Waals surface area contributed by atoms with Crippen molar-refractivity contribution in [3.63, 3.8) is 0 Å². The van der Waals surface area contributed by atoms with Crippen LogP contribution in [0.5, 0.6) is 0 Å². The van der Waals surface area contributed by atoms with Crippen LogP contribution in [-0.2, 0) is 20.4 Å². The van der Waals surface area contributed by atoms with Crippen LogP contribution in [0.25, 0.3) is 16.5 Å². The van der Waals surface area contributed by atoms with Gasteiger partial charge in [-0.15, -0.1) is 24.8 Å². The fourth-order valence-electron chi connectivity index (χ4n) is 5.09. The first-order valence-electron chi connectivity index (χ1n) is 10.2. The van der Waals surface area contributed by atoms with E-state index in [1.165, 1.54) is 16.0 Å². The van der Waals surface area contributed by atoms with E-state index in [1.807, 2.05) is 14.6 Å². The third kappa shape index (κ3) is 4.23. The first-order chi connectivity index (χ1) is 13.3. The summed E-state index contributed by atoms with van der Waals surface area (Å²) in [7, 11) is 0. The second-order valence-electron chi connectivity index (χ2n) is 8.59. The number of benzene rings is 1. The average molecular weight is 555 g/mol. The summed E-state index contributed by atoms with van der Waals surface area (Å²) in [6.07, 6.45) is 2.53. The fraction of sp³-hybridized carbons (Fsp3) is 0.360. The molecule has 2 aliphatic carbocycles. The second-order valence-corrected chi connectivity index (χ2v) is 26.9. The molecule has 160 valence electrons. The van der Waals surface area contributed by atoms with Gasteiger partial charge in [0.05, 0.1) is 0 Å². The molecule has 5 heteroatoms. The Morgan fingerprint density at radius 3 is 2.17 bits per heavy atom. The molecule has 0 spiro atoms. The predicted octanol–water partition coefficient (Wildman–Crippen LogP) is 8.85. The van der Waals surface area contributed by atoms with Crippen molar-refractivity contribution in [3.05, 3.63) is 72.4 Å². The van der Waals surface area contributed by atoms with E-state index in [9.17, 15) is 0 Å². The molecule has 0 fully saturated rings. The van der Waals surface area contributed by atoms with Crippen molar-refractivity contribution in [2.75, 3.05) is 0 Å². The zero-order valence-electron chi connectivity index (χ0n) is 18.9. The maximum Gasteiger partial charge on any atom is -0.147 e. The van der Waals surface area contributed by atoms with Gasteiger partial charge in [0.15, 0.2) is 0 Å². The van der Waals surface area contributed by atoms with Gasteiger partial charge in [-0.05, 0) is 0 Å². The van der Waals surface area contributed by atoms with E-state index in [-0.39, 0.29) is 30.2 Å². The van der Waals surface area contributed by atoms with E-state index < -0.39 is 20.4 Å². The first-order valence-corrected chi connectivity index (χ1v) is 20.0. The molecule has 1 heterocycles. The van der Waals surface area contributed by atoms with Crippen LogP contribution < -0.4 is 0 Å². The van der Waals surface area contributed by atoms with Gasteiger partial charge in [-0.25, -0.2) is 0 Å². The van der Waals surface area contributed by atoms with Gasteiger partial charge in [0.2, 0.25) is 0 Å². The molecule has 0 nitrogen and oxygen atoms in total. The quantitative estimate of drug-likeness (QED) is 0.333. The van der Waals surface area contributed by atoms with Crippen LogP contribution in [0.1, 0.15) is 49.4 Å². The van der Waals surface area contributed by atoms with Gasteiger partial charge in [0.1, 0.15) is 0 Å². The Morgan fingerprint density at radius 2 is 1.63 bits per heavy atom. The van der Waals surface area contributed by atoms with Gasteiger partial charge < -0.3 is 0 Å². The van der Waals surface area contributed by atoms with Crippen molar-refractivity contribution in [3.8, 4) is 10.4 Å². The molecular formula is C25H32Cl2SSiZr. The number of hydrogen-bond donors (Lipinski definition) is 0. The molecule has 30 heavy (non-hydrogen) atoms. The summed E-state index contributed by atoms with van der Waals surface area (Å²) < 4.78 is 2.65. The van der Waals surface area contributed by atoms with Gasteiger partial charge >= 0.3 is 183 Å². The Balaban J connectivity index is 0.00000160. The number of halogens is 2. The molecule has 2 aliphatic rings. The van der Waals surface area contributed by atoms with Crippen LogP contribution in [0, 0.1) is 5.92 Å². The van der Waals surface area contributed by atoms with E-state index in [0.717, 1.165) is 3.63 Å². The molecule has 0 amide bonds. The molecule has 0 aliphatic heterocycles. The first kappa shape index (κ1) is 26.1. The largest absolute Gasteiger partial charge is 0.147 e. The Hall–Kier alpha value is -0.180. The molecular weight excluding hydrogens is 523 g/mol. The van der Waals surface area contributed by atoms with Crippen molar-refractivity contribution in [2.45, 2.75) is 51.3 Å². The zero-order chi connectivity index (χ0) is 20.2. The molecule has 2 atom stereocenters. The van der Waals surface area contributed by atoms with Crippen LogP contribution in [0.3, 0.4) is 0 Å². The van der Waals surface area contributed by atoms with Gasteiger partial charge in [0.25, 0.3) is 0 Å². The standard InChI is InChI=1S/C14H11S.C9H13.C2H6Si.2ClH.Zr/c1-10-8-11-4-2-5-12(13(11)9-10)14-6-3-7-15-14;1-6-5-7(2)9(4)8(6)3;1-3-2;;;/h2-9H,1H3;6H,1-4H3;1-2H3;2*1H;. The zero-order valence-corrected chi connectivity index (χ0v) is 24.8. The summed E-state index contributed by atoms with van der Waals surface area (Å²) >= 11 is -0.00166. The molecule has 0 saturated heterocycles. The molecule has 1 aromatic carbocycles. The Morgan fingerprint density at radius 1 is 0.933 bits per heavy atom. The summed E-state index contributed by atoms with van der Waals surface area (Å²) in [5.74, 6) is 0.673. The Bertz CT molecular complexity index is 1090. The van der Waals surface area contributed by atoms with Crippen molar-refractivity contribution >= 4 is 47.7 Å². The van der Waals surface area contributed by atoms with Crippen LogP contribution in [-0.4, -0.2) is 5.43 Å². The molecule has 0 saturated carbocycles. The SMILES string of the molecule is CC1=Cc2c(-c3cccs3)cccc2[CH]1[Zr]([C]1=C(C)C(C)=C(C)C1C)=[Si](C)C.Cl.Cl. The maximum atomic E-state index is 2.60. The van der Waals surface area contributed by atoms with E-state index in [0.29, 0.717) is 5.92 Å². The van der Waals surface area contributed by atoms with Crippen molar-refractivity contribution < 1.29 is 20.4 Å². The van der Waals surface area contributed by atoms with Crippen molar-refractivity contribution in [1.29, 1.82) is 0 Å². The molecule has 0 radical (unpaired) electrons. The van der Waals surface area contributed by atoms with Crippen LogP contribution >= 0.6 is 36.2 Å². The van der Waals surface area contributed by atoms with Crippen LogP contribution in [0.4, 0.5) is 0 Å². The third-order valence-corrected chi connectivity index (χ3v) is 26.8. The summed E-state index contributed by atoms with van der Waals surface area (Å²) in [4.78, 5) is 1.41. The summed E-state index contributed by atoms with van der Waals surface area (Å²) in [5.41, 5.74) is 10.8. The number of fused-ring (bicyclic) bond motifs is 1. The minimum Gasteiger partial charge on any atom is -0.147 e. The molecule has 0 N–H and O–H groups in total. The van der Waals surface area contributed by atoms with Gasteiger partial charge in [-0.2, -0.15) is 0 Å². The predicted molar refractivity (Wildman–Crippen MR) is 138 cm³/mol. The fourth-order valence-corrected chi connectivity index (χ4v) is 26.5. The minimum atomic E-state index is -1.86. The summed E-state index contributed by atoms with van der Waals surface area (Å²) in [6, 6.07) is 11.5. The minimum absolute atomic E-state index is 0. The van der Waals surface area contributed by atoms with E-state index in [2.05, 4.69) is 89.5 Å².